The monoisotopic (exact) mass is 540 g/mol. The number of aromatic nitrogens is 2. The Bertz CT molecular complexity index is 1500. The third kappa shape index (κ3) is 5.16. The topological polar surface area (TPSA) is 101 Å². The average Bonchev–Trinajstić information content (AvgIpc) is 3.35. The number of ether oxygens (including phenoxy) is 1. The van der Waals surface area contributed by atoms with E-state index in [-0.39, 0.29) is 16.6 Å². The van der Waals surface area contributed by atoms with Crippen molar-refractivity contribution in [2.45, 2.75) is 16.8 Å². The lowest BCUT2D eigenvalue weighted by atomic mass is 10.1. The second-order valence-electron chi connectivity index (χ2n) is 8.20. The molecule has 1 fully saturated rings. The second kappa shape index (κ2) is 10.7. The van der Waals surface area contributed by atoms with Crippen LogP contribution in [0.4, 0.5) is 5.69 Å². The quantitative estimate of drug-likeness (QED) is 0.274. The van der Waals surface area contributed by atoms with Crippen LogP contribution in [0.2, 0.25) is 0 Å². The van der Waals surface area contributed by atoms with E-state index < -0.39 is 10.0 Å². The standard InChI is InChI=1S/C25H24N4O4S3/c1-17-7-8-19(36(31,32)29-9-11-33-12-10-29)13-21(17)28-22(30)15-35-25-23-20(18-5-3-2-4-6-18)14-34-24(23)26-16-27-25/h2-8,13-14,16H,9-12,15H2,1H3,(H,28,30). The van der Waals surface area contributed by atoms with Gasteiger partial charge in [0.1, 0.15) is 16.2 Å². The van der Waals surface area contributed by atoms with Crippen molar-refractivity contribution in [3.8, 4) is 11.1 Å². The van der Waals surface area contributed by atoms with Gasteiger partial charge in [-0.2, -0.15) is 4.31 Å². The molecule has 8 nitrogen and oxygen atoms in total. The number of carbonyl (C=O) groups is 1. The van der Waals surface area contributed by atoms with Crippen molar-refractivity contribution in [2.24, 2.45) is 0 Å². The van der Waals surface area contributed by atoms with Crippen molar-refractivity contribution in [1.29, 1.82) is 0 Å². The number of hydrogen-bond donors (Lipinski definition) is 1. The molecule has 1 amide bonds. The molecule has 2 aromatic heterocycles. The summed E-state index contributed by atoms with van der Waals surface area (Å²) < 4.78 is 32.8. The summed E-state index contributed by atoms with van der Waals surface area (Å²) in [5, 5.41) is 6.60. The molecule has 0 saturated carbocycles. The van der Waals surface area contributed by atoms with E-state index in [0.29, 0.717) is 32.0 Å². The fraction of sp³-hybridized carbons (Fsp3) is 0.240. The lowest BCUT2D eigenvalue weighted by Gasteiger charge is -2.26. The molecule has 0 radical (unpaired) electrons. The van der Waals surface area contributed by atoms with Crippen molar-refractivity contribution < 1.29 is 17.9 Å². The predicted molar refractivity (Wildman–Crippen MR) is 143 cm³/mol. The summed E-state index contributed by atoms with van der Waals surface area (Å²) in [6.07, 6.45) is 1.51. The lowest BCUT2D eigenvalue weighted by molar-refractivity contribution is -0.113. The van der Waals surface area contributed by atoms with Crippen molar-refractivity contribution in [3.63, 3.8) is 0 Å². The van der Waals surface area contributed by atoms with Gasteiger partial charge in [0.2, 0.25) is 15.9 Å². The molecule has 2 aromatic carbocycles. The number of thioether (sulfide) groups is 1. The van der Waals surface area contributed by atoms with Crippen LogP contribution in [0, 0.1) is 6.92 Å². The third-order valence-electron chi connectivity index (χ3n) is 5.85. The Labute approximate surface area is 217 Å². The van der Waals surface area contributed by atoms with Gasteiger partial charge in [-0.3, -0.25) is 4.79 Å². The summed E-state index contributed by atoms with van der Waals surface area (Å²) >= 11 is 2.88. The van der Waals surface area contributed by atoms with Crippen LogP contribution in [-0.4, -0.2) is 60.7 Å². The first-order valence-corrected chi connectivity index (χ1v) is 14.6. The van der Waals surface area contributed by atoms with Crippen LogP contribution in [0.3, 0.4) is 0 Å². The number of fused-ring (bicyclic) bond motifs is 1. The Morgan fingerprint density at radius 2 is 1.92 bits per heavy atom. The minimum atomic E-state index is -3.66. The molecule has 0 aliphatic carbocycles. The van der Waals surface area contributed by atoms with E-state index in [1.54, 1.807) is 23.5 Å². The molecule has 3 heterocycles. The number of rotatable bonds is 7. The van der Waals surface area contributed by atoms with Gasteiger partial charge < -0.3 is 10.1 Å². The second-order valence-corrected chi connectivity index (χ2v) is 12.0. The van der Waals surface area contributed by atoms with Crippen LogP contribution in [0.1, 0.15) is 5.56 Å². The van der Waals surface area contributed by atoms with E-state index in [4.69, 9.17) is 4.74 Å². The molecule has 1 N–H and O–H groups in total. The van der Waals surface area contributed by atoms with Crippen LogP contribution in [0.5, 0.6) is 0 Å². The molecule has 36 heavy (non-hydrogen) atoms. The van der Waals surface area contributed by atoms with Gasteiger partial charge in [-0.1, -0.05) is 48.2 Å². The largest absolute Gasteiger partial charge is 0.379 e. The van der Waals surface area contributed by atoms with Gasteiger partial charge in [0.15, 0.2) is 0 Å². The number of benzene rings is 2. The SMILES string of the molecule is Cc1ccc(S(=O)(=O)N2CCOCC2)cc1NC(=O)CSc1ncnc2scc(-c3ccccc3)c12. The Kier molecular flexibility index (Phi) is 7.35. The summed E-state index contributed by atoms with van der Waals surface area (Å²) in [6.45, 7) is 3.21. The zero-order valence-corrected chi connectivity index (χ0v) is 22.0. The number of anilines is 1. The van der Waals surface area contributed by atoms with Gasteiger partial charge in [-0.05, 0) is 30.2 Å². The van der Waals surface area contributed by atoms with E-state index in [1.807, 2.05) is 37.3 Å². The van der Waals surface area contributed by atoms with E-state index in [2.05, 4.69) is 20.7 Å². The smallest absolute Gasteiger partial charge is 0.243 e. The first kappa shape index (κ1) is 24.8. The van der Waals surface area contributed by atoms with Crippen LogP contribution in [-0.2, 0) is 19.6 Å². The van der Waals surface area contributed by atoms with Crippen molar-refractivity contribution in [1.82, 2.24) is 14.3 Å². The Balaban J connectivity index is 1.33. The Hall–Kier alpha value is -2.83. The summed E-state index contributed by atoms with van der Waals surface area (Å²) in [7, 11) is -3.66. The molecule has 5 rings (SSSR count). The number of thiophene rings is 1. The maximum atomic E-state index is 13.0. The van der Waals surface area contributed by atoms with E-state index in [0.717, 1.165) is 31.9 Å². The number of nitrogens with one attached hydrogen (secondary N) is 1. The molecule has 186 valence electrons. The van der Waals surface area contributed by atoms with Gasteiger partial charge in [-0.25, -0.2) is 18.4 Å². The van der Waals surface area contributed by atoms with E-state index >= 15 is 0 Å². The maximum Gasteiger partial charge on any atom is 0.243 e. The van der Waals surface area contributed by atoms with Crippen LogP contribution >= 0.6 is 23.1 Å². The maximum absolute atomic E-state index is 13.0. The van der Waals surface area contributed by atoms with Gasteiger partial charge in [-0.15, -0.1) is 11.3 Å². The highest BCUT2D eigenvalue weighted by atomic mass is 32.2. The number of aryl methyl sites for hydroxylation is 1. The van der Waals surface area contributed by atoms with Crippen molar-refractivity contribution >= 4 is 54.9 Å². The van der Waals surface area contributed by atoms with Crippen LogP contribution < -0.4 is 5.32 Å². The summed E-state index contributed by atoms with van der Waals surface area (Å²) in [5.41, 5.74) is 3.36. The molecule has 0 unspecified atom stereocenters. The lowest BCUT2D eigenvalue weighted by Crippen LogP contribution is -2.40. The minimum absolute atomic E-state index is 0.121. The highest BCUT2D eigenvalue weighted by Gasteiger charge is 2.27. The molecular weight excluding hydrogens is 517 g/mol. The van der Waals surface area contributed by atoms with Gasteiger partial charge in [0, 0.05) is 29.7 Å². The highest BCUT2D eigenvalue weighted by Crippen LogP contribution is 2.37. The molecule has 11 heteroatoms. The average molecular weight is 541 g/mol. The van der Waals surface area contributed by atoms with Crippen LogP contribution in [0.15, 0.2) is 70.2 Å². The first-order valence-electron chi connectivity index (χ1n) is 11.3. The molecule has 0 atom stereocenters. The van der Waals surface area contributed by atoms with Gasteiger partial charge in [0.25, 0.3) is 0 Å². The number of hydrogen-bond acceptors (Lipinski definition) is 8. The van der Waals surface area contributed by atoms with Gasteiger partial charge in [0.05, 0.1) is 29.2 Å². The van der Waals surface area contributed by atoms with Crippen LogP contribution in [0.25, 0.3) is 21.3 Å². The zero-order chi connectivity index (χ0) is 25.1. The summed E-state index contributed by atoms with van der Waals surface area (Å²) in [4.78, 5) is 22.7. The third-order valence-corrected chi connectivity index (χ3v) is 9.62. The number of morpholine rings is 1. The normalized spacial score (nSPS) is 14.7. The summed E-state index contributed by atoms with van der Waals surface area (Å²) in [6, 6.07) is 14.8. The Morgan fingerprint density at radius 3 is 2.69 bits per heavy atom. The first-order chi connectivity index (χ1) is 17.4. The molecule has 4 aromatic rings. The minimum Gasteiger partial charge on any atom is -0.379 e. The number of carbonyl (C=O) groups excluding carboxylic acids is 1. The fourth-order valence-electron chi connectivity index (χ4n) is 3.94. The number of sulfonamides is 1. The highest BCUT2D eigenvalue weighted by molar-refractivity contribution is 8.00. The summed E-state index contributed by atoms with van der Waals surface area (Å²) in [5.74, 6) is -0.122. The van der Waals surface area contributed by atoms with Crippen molar-refractivity contribution in [3.05, 3.63) is 65.8 Å². The molecule has 0 spiro atoms. The molecule has 1 saturated heterocycles. The molecule has 0 bridgehead atoms. The Morgan fingerprint density at radius 1 is 1.14 bits per heavy atom. The molecule has 1 aliphatic rings. The molecule has 1 aliphatic heterocycles. The van der Waals surface area contributed by atoms with E-state index in [1.165, 1.54) is 28.5 Å². The van der Waals surface area contributed by atoms with Gasteiger partial charge >= 0.3 is 0 Å². The fourth-order valence-corrected chi connectivity index (χ4v) is 7.17. The molecular formula is C25H24N4O4S3. The zero-order valence-electron chi connectivity index (χ0n) is 19.5. The number of nitrogens with zero attached hydrogens (tertiary/aromatic N) is 3. The van der Waals surface area contributed by atoms with Crippen molar-refractivity contribution in [2.75, 3.05) is 37.4 Å². The predicted octanol–water partition coefficient (Wildman–Crippen LogP) is 4.42. The van der Waals surface area contributed by atoms with E-state index in [9.17, 15) is 13.2 Å². The number of amides is 1.